The van der Waals surface area contributed by atoms with Gasteiger partial charge in [-0.05, 0) is 79.6 Å². The van der Waals surface area contributed by atoms with Crippen molar-refractivity contribution in [2.45, 2.75) is 136 Å². The van der Waals surface area contributed by atoms with Crippen LogP contribution in [0.25, 0.3) is 0 Å². The molecule has 0 radical (unpaired) electrons. The summed E-state index contributed by atoms with van der Waals surface area (Å²) in [6.45, 7) is 16.2. The maximum Gasteiger partial charge on any atom is 0.312 e. The Bertz CT molecular complexity index is 419. The van der Waals surface area contributed by atoms with Gasteiger partial charge in [0.2, 0.25) is 0 Å². The lowest BCUT2D eigenvalue weighted by atomic mass is 9.89. The van der Waals surface area contributed by atoms with Gasteiger partial charge in [0.1, 0.15) is 5.60 Å². The van der Waals surface area contributed by atoms with Gasteiger partial charge in [-0.2, -0.15) is 0 Å². The van der Waals surface area contributed by atoms with Gasteiger partial charge in [0.05, 0.1) is 17.4 Å². The zero-order valence-electron chi connectivity index (χ0n) is 17.8. The van der Waals surface area contributed by atoms with Crippen LogP contribution in [0.2, 0.25) is 0 Å². The standard InChI is InChI=1S/C13H24O2.C8H16O2.4CH4/c1-5-12(3,4)11(14)15-13(6-2)9-7-8-10-13;1-5-8(3,4)7(9)10-6-2;;;;/h5-10H2,1-4H3;5-6H2,1-4H3;4*1H4. The van der Waals surface area contributed by atoms with Gasteiger partial charge in [0.15, 0.2) is 0 Å². The lowest BCUT2D eigenvalue weighted by Gasteiger charge is -2.32. The van der Waals surface area contributed by atoms with Gasteiger partial charge < -0.3 is 9.47 Å². The first-order valence-corrected chi connectivity index (χ1v) is 9.91. The van der Waals surface area contributed by atoms with Crippen molar-refractivity contribution in [3.8, 4) is 0 Å². The number of hydrogen-bond donors (Lipinski definition) is 0. The predicted molar refractivity (Wildman–Crippen MR) is 129 cm³/mol. The second-order valence-electron chi connectivity index (χ2n) is 8.33. The Kier molecular flexibility index (Phi) is 22.2. The summed E-state index contributed by atoms with van der Waals surface area (Å²) in [7, 11) is 0. The molecule has 0 heterocycles. The average molecular weight is 421 g/mol. The molecule has 0 unspecified atom stereocenters. The molecule has 0 aromatic rings. The molecule has 0 bridgehead atoms. The Morgan fingerprint density at radius 1 is 0.759 bits per heavy atom. The molecule has 4 nitrogen and oxygen atoms in total. The molecule has 0 spiro atoms. The lowest BCUT2D eigenvalue weighted by Crippen LogP contribution is -2.37. The molecule has 180 valence electrons. The fourth-order valence-electron chi connectivity index (χ4n) is 2.50. The minimum atomic E-state index is -0.329. The number of esters is 2. The van der Waals surface area contributed by atoms with Crippen molar-refractivity contribution in [3.05, 3.63) is 0 Å². The smallest absolute Gasteiger partial charge is 0.312 e. The third-order valence-corrected chi connectivity index (χ3v) is 5.62. The van der Waals surface area contributed by atoms with Crippen LogP contribution in [0.1, 0.15) is 130 Å². The fraction of sp³-hybridized carbons (Fsp3) is 0.920. The maximum atomic E-state index is 12.0. The van der Waals surface area contributed by atoms with Crippen molar-refractivity contribution >= 4 is 11.9 Å². The fourth-order valence-corrected chi connectivity index (χ4v) is 2.50. The molecule has 1 fully saturated rings. The number of ether oxygens (including phenoxy) is 2. The van der Waals surface area contributed by atoms with Crippen LogP contribution in [-0.2, 0) is 19.1 Å². The van der Waals surface area contributed by atoms with E-state index in [-0.39, 0.29) is 58.1 Å². The molecular formula is C25H56O4. The number of hydrogen-bond acceptors (Lipinski definition) is 4. The van der Waals surface area contributed by atoms with Gasteiger partial charge in [0.25, 0.3) is 0 Å². The van der Waals surface area contributed by atoms with Crippen LogP contribution in [0.3, 0.4) is 0 Å². The molecule has 0 aromatic heterocycles. The first-order chi connectivity index (χ1) is 11.5. The first-order valence-electron chi connectivity index (χ1n) is 9.91. The van der Waals surface area contributed by atoms with Crippen LogP contribution >= 0.6 is 0 Å². The van der Waals surface area contributed by atoms with Crippen LogP contribution in [-0.4, -0.2) is 24.1 Å². The molecule has 0 atom stereocenters. The summed E-state index contributed by atoms with van der Waals surface area (Å²) in [6.07, 6.45) is 7.13. The van der Waals surface area contributed by atoms with Crippen LogP contribution in [0.4, 0.5) is 0 Å². The molecule has 0 N–H and O–H groups in total. The van der Waals surface area contributed by atoms with Crippen molar-refractivity contribution in [1.82, 2.24) is 0 Å². The second kappa shape index (κ2) is 16.7. The predicted octanol–water partition coefficient (Wildman–Crippen LogP) is 8.22. The molecule has 29 heavy (non-hydrogen) atoms. The molecule has 0 amide bonds. The summed E-state index contributed by atoms with van der Waals surface area (Å²) in [6, 6.07) is 0. The highest BCUT2D eigenvalue weighted by molar-refractivity contribution is 5.76. The van der Waals surface area contributed by atoms with Crippen LogP contribution in [0, 0.1) is 10.8 Å². The van der Waals surface area contributed by atoms with Gasteiger partial charge >= 0.3 is 11.9 Å². The van der Waals surface area contributed by atoms with Crippen molar-refractivity contribution in [3.63, 3.8) is 0 Å². The van der Waals surface area contributed by atoms with Crippen LogP contribution in [0.5, 0.6) is 0 Å². The number of rotatable bonds is 7. The normalized spacial score (nSPS) is 14.3. The summed E-state index contributed by atoms with van der Waals surface area (Å²) in [5.74, 6) is -0.119. The summed E-state index contributed by atoms with van der Waals surface area (Å²) in [4.78, 5) is 23.1. The number of carbonyl (C=O) groups is 2. The zero-order valence-corrected chi connectivity index (χ0v) is 17.8. The third-order valence-electron chi connectivity index (χ3n) is 5.62. The monoisotopic (exact) mass is 420 g/mol. The van der Waals surface area contributed by atoms with Crippen LogP contribution in [0.15, 0.2) is 0 Å². The summed E-state index contributed by atoms with van der Waals surface area (Å²) in [5.41, 5.74) is -0.774. The second-order valence-corrected chi connectivity index (χ2v) is 8.33. The van der Waals surface area contributed by atoms with Gasteiger partial charge in [-0.1, -0.05) is 50.5 Å². The summed E-state index contributed by atoms with van der Waals surface area (Å²) >= 11 is 0. The SMILES string of the molecule is C.C.C.C.CCC1(OC(=O)C(C)(C)CC)CCCC1.CCOC(=O)C(C)(C)CC. The molecule has 1 rings (SSSR count). The molecule has 1 aliphatic carbocycles. The van der Waals surface area contributed by atoms with Crippen molar-refractivity contribution < 1.29 is 19.1 Å². The van der Waals surface area contributed by atoms with E-state index in [1.165, 1.54) is 12.8 Å². The highest BCUT2D eigenvalue weighted by atomic mass is 16.6. The molecule has 4 heteroatoms. The molecule has 0 aliphatic heterocycles. The maximum absolute atomic E-state index is 12.0. The van der Waals surface area contributed by atoms with E-state index >= 15 is 0 Å². The molecule has 1 saturated carbocycles. The minimum absolute atomic E-state index is 0. The van der Waals surface area contributed by atoms with E-state index in [4.69, 9.17) is 9.47 Å². The van der Waals surface area contributed by atoms with Crippen molar-refractivity contribution in [1.29, 1.82) is 0 Å². The zero-order chi connectivity index (χ0) is 19.7. The van der Waals surface area contributed by atoms with Gasteiger partial charge in [-0.15, -0.1) is 0 Å². The van der Waals surface area contributed by atoms with E-state index < -0.39 is 0 Å². The van der Waals surface area contributed by atoms with Crippen LogP contribution < -0.4 is 0 Å². The van der Waals surface area contributed by atoms with Crippen molar-refractivity contribution in [2.24, 2.45) is 10.8 Å². The van der Waals surface area contributed by atoms with Gasteiger partial charge in [-0.25, -0.2) is 0 Å². The van der Waals surface area contributed by atoms with E-state index in [9.17, 15) is 9.59 Å². The third kappa shape index (κ3) is 12.3. The van der Waals surface area contributed by atoms with Crippen molar-refractivity contribution in [2.75, 3.05) is 6.61 Å². The van der Waals surface area contributed by atoms with Gasteiger partial charge in [0, 0.05) is 0 Å². The Balaban J connectivity index is -0.000000124. The quantitative estimate of drug-likeness (QED) is 0.389. The van der Waals surface area contributed by atoms with E-state index in [0.717, 1.165) is 32.1 Å². The van der Waals surface area contributed by atoms with E-state index in [1.54, 1.807) is 0 Å². The Morgan fingerprint density at radius 3 is 1.45 bits per heavy atom. The van der Waals surface area contributed by atoms with E-state index in [2.05, 4.69) is 6.92 Å². The average Bonchev–Trinajstić information content (AvgIpc) is 3.04. The Morgan fingerprint density at radius 2 is 1.14 bits per heavy atom. The topological polar surface area (TPSA) is 52.6 Å². The summed E-state index contributed by atoms with van der Waals surface area (Å²) in [5, 5.41) is 0. The van der Waals surface area contributed by atoms with Gasteiger partial charge in [-0.3, -0.25) is 9.59 Å². The van der Waals surface area contributed by atoms with E-state index in [1.807, 2.05) is 48.5 Å². The van der Waals surface area contributed by atoms with E-state index in [0.29, 0.717) is 6.61 Å². The molecular weight excluding hydrogens is 364 g/mol. The lowest BCUT2D eigenvalue weighted by molar-refractivity contribution is -0.170. The minimum Gasteiger partial charge on any atom is -0.466 e. The Hall–Kier alpha value is -1.06. The molecule has 1 aliphatic rings. The molecule has 0 aromatic carbocycles. The highest BCUT2D eigenvalue weighted by Crippen LogP contribution is 2.38. The first kappa shape index (κ1) is 38.5. The highest BCUT2D eigenvalue weighted by Gasteiger charge is 2.39. The Labute approximate surface area is 184 Å². The molecule has 0 saturated heterocycles. The largest absolute Gasteiger partial charge is 0.466 e. The number of carbonyl (C=O) groups excluding carboxylic acids is 2. The summed E-state index contributed by atoms with van der Waals surface area (Å²) < 4.78 is 10.6.